The molecule has 27 heavy (non-hydrogen) atoms. The highest BCUT2D eigenvalue weighted by Gasteiger charge is 2.27. The van der Waals surface area contributed by atoms with Gasteiger partial charge in [-0.15, -0.1) is 0 Å². The van der Waals surface area contributed by atoms with Gasteiger partial charge in [0.1, 0.15) is 12.4 Å². The second kappa shape index (κ2) is 8.53. The van der Waals surface area contributed by atoms with Gasteiger partial charge in [-0.05, 0) is 68.9 Å². The predicted molar refractivity (Wildman–Crippen MR) is 107 cm³/mol. The van der Waals surface area contributed by atoms with Gasteiger partial charge in [0, 0.05) is 42.7 Å². The lowest BCUT2D eigenvalue weighted by Gasteiger charge is -2.34. The van der Waals surface area contributed by atoms with Crippen LogP contribution in [-0.2, 0) is 6.61 Å². The molecule has 0 spiro atoms. The molecule has 1 aromatic heterocycles. The summed E-state index contributed by atoms with van der Waals surface area (Å²) >= 11 is 0. The molecule has 0 bridgehead atoms. The Labute approximate surface area is 161 Å². The van der Waals surface area contributed by atoms with Gasteiger partial charge in [-0.25, -0.2) is 0 Å². The zero-order chi connectivity index (χ0) is 19.4. The van der Waals surface area contributed by atoms with E-state index in [-0.39, 0.29) is 11.9 Å². The Kier molecular flexibility index (Phi) is 6.11. The first-order valence-corrected chi connectivity index (χ1v) is 9.63. The van der Waals surface area contributed by atoms with Crippen LogP contribution in [0.4, 0.5) is 0 Å². The number of carbonyl (C=O) groups is 1. The Bertz CT molecular complexity index is 766. The van der Waals surface area contributed by atoms with Gasteiger partial charge in [0.05, 0.1) is 0 Å². The molecule has 1 aliphatic heterocycles. The number of benzene rings is 1. The lowest BCUT2D eigenvalue weighted by atomic mass is 9.91. The topological polar surface area (TPSA) is 68.5 Å². The normalized spacial score (nSPS) is 18.2. The number of likely N-dealkylation sites (tertiary alicyclic amines) is 1. The Balaban J connectivity index is 1.72. The van der Waals surface area contributed by atoms with E-state index in [1.54, 1.807) is 12.4 Å². The molecule has 0 radical (unpaired) electrons. The molecule has 1 saturated heterocycles. The smallest absolute Gasteiger partial charge is 0.253 e. The summed E-state index contributed by atoms with van der Waals surface area (Å²) in [5.41, 5.74) is 9.75. The van der Waals surface area contributed by atoms with Gasteiger partial charge >= 0.3 is 0 Å². The van der Waals surface area contributed by atoms with E-state index in [1.165, 1.54) is 0 Å². The van der Waals surface area contributed by atoms with Crippen molar-refractivity contribution < 1.29 is 9.53 Å². The number of nitrogens with two attached hydrogens (primary N) is 1. The molecule has 0 aliphatic carbocycles. The zero-order valence-corrected chi connectivity index (χ0v) is 16.4. The third kappa shape index (κ3) is 4.66. The molecule has 5 heteroatoms. The number of pyridine rings is 1. The maximum absolute atomic E-state index is 13.0. The average Bonchev–Trinajstić information content (AvgIpc) is 2.67. The minimum absolute atomic E-state index is 0.0883. The van der Waals surface area contributed by atoms with Gasteiger partial charge in [0.25, 0.3) is 5.91 Å². The van der Waals surface area contributed by atoms with Gasteiger partial charge in [-0.2, -0.15) is 0 Å². The number of hydrogen-bond donors (Lipinski definition) is 1. The lowest BCUT2D eigenvalue weighted by Crippen LogP contribution is -2.45. The maximum Gasteiger partial charge on any atom is 0.253 e. The van der Waals surface area contributed by atoms with Crippen LogP contribution in [0.5, 0.6) is 5.75 Å². The number of aryl methyl sites for hydroxylation is 2. The lowest BCUT2D eigenvalue weighted by molar-refractivity contribution is 0.0660. The van der Waals surface area contributed by atoms with Gasteiger partial charge in [0.2, 0.25) is 0 Å². The first-order chi connectivity index (χ1) is 13.0. The monoisotopic (exact) mass is 367 g/mol. The van der Waals surface area contributed by atoms with E-state index < -0.39 is 0 Å². The minimum Gasteiger partial charge on any atom is -0.488 e. The molecule has 2 unspecified atom stereocenters. The van der Waals surface area contributed by atoms with Crippen LogP contribution in [0.25, 0.3) is 0 Å². The Morgan fingerprint density at radius 1 is 1.37 bits per heavy atom. The number of amides is 1. The number of piperidine rings is 1. The molecule has 1 aliphatic rings. The second-order valence-electron chi connectivity index (χ2n) is 7.60. The molecule has 2 atom stereocenters. The fourth-order valence-corrected chi connectivity index (χ4v) is 3.75. The Morgan fingerprint density at radius 2 is 2.11 bits per heavy atom. The highest BCUT2D eigenvalue weighted by atomic mass is 16.5. The average molecular weight is 367 g/mol. The van der Waals surface area contributed by atoms with Crippen molar-refractivity contribution in [2.45, 2.75) is 46.3 Å². The van der Waals surface area contributed by atoms with Crippen molar-refractivity contribution in [2.75, 3.05) is 13.1 Å². The van der Waals surface area contributed by atoms with E-state index in [4.69, 9.17) is 10.5 Å². The van der Waals surface area contributed by atoms with Crippen molar-refractivity contribution in [3.05, 3.63) is 58.9 Å². The summed E-state index contributed by atoms with van der Waals surface area (Å²) in [5, 5.41) is 0. The van der Waals surface area contributed by atoms with Crippen molar-refractivity contribution in [2.24, 2.45) is 11.7 Å². The van der Waals surface area contributed by atoms with E-state index in [9.17, 15) is 4.79 Å². The van der Waals surface area contributed by atoms with Crippen molar-refractivity contribution in [1.82, 2.24) is 9.88 Å². The van der Waals surface area contributed by atoms with Crippen LogP contribution >= 0.6 is 0 Å². The molecule has 3 rings (SSSR count). The number of aromatic nitrogens is 1. The molecule has 1 aromatic carbocycles. The standard InChI is InChI=1S/C22H29N3O2/c1-15-10-20(22(26)25-9-5-7-19(13-25)17(3)23)11-16(2)21(15)27-14-18-6-4-8-24-12-18/h4,6,8,10-12,17,19H,5,7,9,13-14,23H2,1-3H3. The second-order valence-corrected chi connectivity index (χ2v) is 7.60. The molecule has 2 aromatic rings. The summed E-state index contributed by atoms with van der Waals surface area (Å²) in [6.07, 6.45) is 5.66. The van der Waals surface area contributed by atoms with Crippen LogP contribution in [0.3, 0.4) is 0 Å². The molecule has 2 heterocycles. The molecule has 1 fully saturated rings. The Hall–Kier alpha value is -2.40. The quantitative estimate of drug-likeness (QED) is 0.878. The van der Waals surface area contributed by atoms with Crippen LogP contribution in [0.2, 0.25) is 0 Å². The van der Waals surface area contributed by atoms with Gasteiger partial charge in [-0.1, -0.05) is 6.07 Å². The van der Waals surface area contributed by atoms with Crippen molar-refractivity contribution in [3.8, 4) is 5.75 Å². The van der Waals surface area contributed by atoms with Crippen LogP contribution < -0.4 is 10.5 Å². The maximum atomic E-state index is 13.0. The van der Waals surface area contributed by atoms with Crippen LogP contribution in [0.1, 0.15) is 46.8 Å². The molecular formula is C22H29N3O2. The minimum atomic E-state index is 0.0883. The van der Waals surface area contributed by atoms with E-state index in [2.05, 4.69) is 4.98 Å². The van der Waals surface area contributed by atoms with Crippen LogP contribution in [-0.4, -0.2) is 34.9 Å². The molecule has 1 amide bonds. The highest BCUT2D eigenvalue weighted by molar-refractivity contribution is 5.95. The summed E-state index contributed by atoms with van der Waals surface area (Å²) in [5.74, 6) is 1.31. The van der Waals surface area contributed by atoms with Gasteiger partial charge < -0.3 is 15.4 Å². The SMILES string of the molecule is Cc1cc(C(=O)N2CCCC(C(C)N)C2)cc(C)c1OCc1cccnc1. The first kappa shape index (κ1) is 19.4. The third-order valence-corrected chi connectivity index (χ3v) is 5.30. The summed E-state index contributed by atoms with van der Waals surface area (Å²) in [7, 11) is 0. The first-order valence-electron chi connectivity index (χ1n) is 9.63. The molecular weight excluding hydrogens is 338 g/mol. The molecule has 2 N–H and O–H groups in total. The van der Waals surface area contributed by atoms with Crippen molar-refractivity contribution in [1.29, 1.82) is 0 Å². The van der Waals surface area contributed by atoms with E-state index in [0.717, 1.165) is 53.9 Å². The molecule has 144 valence electrons. The van der Waals surface area contributed by atoms with E-state index in [1.807, 2.05) is 49.9 Å². The highest BCUT2D eigenvalue weighted by Crippen LogP contribution is 2.27. The third-order valence-electron chi connectivity index (χ3n) is 5.30. The van der Waals surface area contributed by atoms with Crippen LogP contribution in [0.15, 0.2) is 36.7 Å². The fourth-order valence-electron chi connectivity index (χ4n) is 3.75. The fraction of sp³-hybridized carbons (Fsp3) is 0.455. The van der Waals surface area contributed by atoms with E-state index >= 15 is 0 Å². The largest absolute Gasteiger partial charge is 0.488 e. The molecule has 0 saturated carbocycles. The summed E-state index contributed by atoms with van der Waals surface area (Å²) < 4.78 is 6.00. The number of nitrogens with zero attached hydrogens (tertiary/aromatic N) is 2. The summed E-state index contributed by atoms with van der Waals surface area (Å²) in [6.45, 7) is 8.02. The van der Waals surface area contributed by atoms with Gasteiger partial charge in [0.15, 0.2) is 0 Å². The number of rotatable bonds is 5. The summed E-state index contributed by atoms with van der Waals surface area (Å²) in [4.78, 5) is 19.1. The zero-order valence-electron chi connectivity index (χ0n) is 16.4. The number of ether oxygens (including phenoxy) is 1. The predicted octanol–water partition coefficient (Wildman–Crippen LogP) is 3.48. The van der Waals surface area contributed by atoms with Crippen LogP contribution in [0, 0.1) is 19.8 Å². The van der Waals surface area contributed by atoms with Crippen molar-refractivity contribution >= 4 is 5.91 Å². The number of carbonyl (C=O) groups excluding carboxylic acids is 1. The Morgan fingerprint density at radius 3 is 2.74 bits per heavy atom. The van der Waals surface area contributed by atoms with Crippen molar-refractivity contribution in [3.63, 3.8) is 0 Å². The van der Waals surface area contributed by atoms with Gasteiger partial charge in [-0.3, -0.25) is 9.78 Å². The van der Waals surface area contributed by atoms with E-state index in [0.29, 0.717) is 12.5 Å². The number of hydrogen-bond acceptors (Lipinski definition) is 4. The molecule has 5 nitrogen and oxygen atoms in total. The summed E-state index contributed by atoms with van der Waals surface area (Å²) in [6, 6.07) is 7.87.